The number of rotatable bonds is 4. The zero-order chi connectivity index (χ0) is 14.7. The molecule has 0 spiro atoms. The molecule has 1 aliphatic heterocycles. The minimum absolute atomic E-state index is 0.199. The minimum atomic E-state index is 0.199. The molecular formula is C15H20N4O2. The Balaban J connectivity index is 1.47. The lowest BCUT2D eigenvalue weighted by atomic mass is 10.0. The number of carbonyl (C=O) groups excluding carboxylic acids is 1. The number of aryl methyl sites for hydroxylation is 1. The average molecular weight is 288 g/mol. The van der Waals surface area contributed by atoms with Crippen molar-refractivity contribution in [3.8, 4) is 0 Å². The first kappa shape index (κ1) is 13.7. The first-order valence-electron chi connectivity index (χ1n) is 7.33. The summed E-state index contributed by atoms with van der Waals surface area (Å²) in [6, 6.07) is 5.90. The SMILES string of the molecule is Nc1ccn(C2CCN(C(=O)CCc3ccco3)CC2)n1. The second-order valence-electron chi connectivity index (χ2n) is 5.41. The van der Waals surface area contributed by atoms with E-state index in [0.717, 1.165) is 31.7 Å². The molecule has 0 atom stereocenters. The zero-order valence-electron chi connectivity index (χ0n) is 11.9. The van der Waals surface area contributed by atoms with Crippen molar-refractivity contribution in [2.24, 2.45) is 0 Å². The summed E-state index contributed by atoms with van der Waals surface area (Å²) in [6.07, 6.45) is 6.57. The van der Waals surface area contributed by atoms with E-state index in [-0.39, 0.29) is 5.91 Å². The molecule has 21 heavy (non-hydrogen) atoms. The van der Waals surface area contributed by atoms with E-state index >= 15 is 0 Å². The van der Waals surface area contributed by atoms with Gasteiger partial charge in [-0.1, -0.05) is 0 Å². The number of hydrogen-bond acceptors (Lipinski definition) is 4. The molecule has 0 radical (unpaired) electrons. The molecule has 1 amide bonds. The van der Waals surface area contributed by atoms with Crippen molar-refractivity contribution in [2.45, 2.75) is 31.7 Å². The fraction of sp³-hybridized carbons (Fsp3) is 0.467. The first-order valence-corrected chi connectivity index (χ1v) is 7.33. The van der Waals surface area contributed by atoms with Crippen LogP contribution in [0.3, 0.4) is 0 Å². The molecule has 0 aliphatic carbocycles. The summed E-state index contributed by atoms with van der Waals surface area (Å²) in [4.78, 5) is 14.1. The van der Waals surface area contributed by atoms with E-state index in [1.54, 1.807) is 12.3 Å². The number of nitrogens with two attached hydrogens (primary N) is 1. The van der Waals surface area contributed by atoms with E-state index in [1.165, 1.54) is 0 Å². The zero-order valence-corrected chi connectivity index (χ0v) is 11.9. The van der Waals surface area contributed by atoms with Crippen molar-refractivity contribution in [1.82, 2.24) is 14.7 Å². The Bertz CT molecular complexity index is 583. The Hall–Kier alpha value is -2.24. The summed E-state index contributed by atoms with van der Waals surface area (Å²) in [5.74, 6) is 1.61. The van der Waals surface area contributed by atoms with Crippen LogP contribution in [0.5, 0.6) is 0 Å². The minimum Gasteiger partial charge on any atom is -0.469 e. The molecule has 3 rings (SSSR count). The van der Waals surface area contributed by atoms with Crippen LogP contribution in [-0.4, -0.2) is 33.7 Å². The van der Waals surface area contributed by atoms with Gasteiger partial charge in [0.1, 0.15) is 11.6 Å². The number of nitrogens with zero attached hydrogens (tertiary/aromatic N) is 3. The molecule has 2 N–H and O–H groups in total. The van der Waals surface area contributed by atoms with Gasteiger partial charge in [-0.15, -0.1) is 0 Å². The van der Waals surface area contributed by atoms with E-state index in [0.29, 0.717) is 24.7 Å². The molecular weight excluding hydrogens is 268 g/mol. The lowest BCUT2D eigenvalue weighted by Gasteiger charge is -2.32. The van der Waals surface area contributed by atoms with E-state index in [9.17, 15) is 4.79 Å². The van der Waals surface area contributed by atoms with Gasteiger partial charge in [0.25, 0.3) is 0 Å². The molecule has 0 unspecified atom stereocenters. The number of hydrogen-bond donors (Lipinski definition) is 1. The number of likely N-dealkylation sites (tertiary alicyclic amines) is 1. The van der Waals surface area contributed by atoms with E-state index in [2.05, 4.69) is 5.10 Å². The standard InChI is InChI=1S/C15H20N4O2/c16-14-7-10-19(17-14)12-5-8-18(9-6-12)15(20)4-3-13-2-1-11-21-13/h1-2,7,10-12H,3-6,8-9H2,(H2,16,17). The molecule has 3 heterocycles. The number of aromatic nitrogens is 2. The van der Waals surface area contributed by atoms with Gasteiger partial charge in [-0.2, -0.15) is 5.10 Å². The molecule has 1 fully saturated rings. The number of piperidine rings is 1. The topological polar surface area (TPSA) is 77.3 Å². The number of furan rings is 1. The normalized spacial score (nSPS) is 16.3. The summed E-state index contributed by atoms with van der Waals surface area (Å²) in [7, 11) is 0. The monoisotopic (exact) mass is 288 g/mol. The van der Waals surface area contributed by atoms with Crippen LogP contribution in [-0.2, 0) is 11.2 Å². The van der Waals surface area contributed by atoms with E-state index in [4.69, 9.17) is 10.2 Å². The fourth-order valence-corrected chi connectivity index (χ4v) is 2.78. The summed E-state index contributed by atoms with van der Waals surface area (Å²) in [6.45, 7) is 1.56. The number of amides is 1. The van der Waals surface area contributed by atoms with Gasteiger partial charge in [-0.3, -0.25) is 9.48 Å². The van der Waals surface area contributed by atoms with Gasteiger partial charge in [0.2, 0.25) is 5.91 Å². The predicted molar refractivity (Wildman–Crippen MR) is 78.5 cm³/mol. The molecule has 2 aromatic heterocycles. The predicted octanol–water partition coefficient (Wildman–Crippen LogP) is 1.85. The summed E-state index contributed by atoms with van der Waals surface area (Å²) >= 11 is 0. The molecule has 0 saturated carbocycles. The van der Waals surface area contributed by atoms with Gasteiger partial charge >= 0.3 is 0 Å². The highest BCUT2D eigenvalue weighted by atomic mass is 16.3. The lowest BCUT2D eigenvalue weighted by molar-refractivity contribution is -0.132. The highest BCUT2D eigenvalue weighted by molar-refractivity contribution is 5.76. The molecule has 6 nitrogen and oxygen atoms in total. The molecule has 6 heteroatoms. The summed E-state index contributed by atoms with van der Waals surface area (Å²) in [5.41, 5.74) is 5.64. The van der Waals surface area contributed by atoms with Crippen molar-refractivity contribution < 1.29 is 9.21 Å². The Labute approximate surface area is 123 Å². The maximum absolute atomic E-state index is 12.2. The smallest absolute Gasteiger partial charge is 0.223 e. The molecule has 1 saturated heterocycles. The highest BCUT2D eigenvalue weighted by Gasteiger charge is 2.24. The van der Waals surface area contributed by atoms with Crippen LogP contribution in [0, 0.1) is 0 Å². The fourth-order valence-electron chi connectivity index (χ4n) is 2.78. The second kappa shape index (κ2) is 6.03. The van der Waals surface area contributed by atoms with Crippen molar-refractivity contribution in [2.75, 3.05) is 18.8 Å². The largest absolute Gasteiger partial charge is 0.469 e. The quantitative estimate of drug-likeness (QED) is 0.931. The number of carbonyl (C=O) groups is 1. The maximum atomic E-state index is 12.2. The molecule has 0 aromatic carbocycles. The molecule has 2 aromatic rings. The van der Waals surface area contributed by atoms with Crippen molar-refractivity contribution in [3.63, 3.8) is 0 Å². The maximum Gasteiger partial charge on any atom is 0.223 e. The van der Waals surface area contributed by atoms with Crippen LogP contribution in [0.15, 0.2) is 35.1 Å². The lowest BCUT2D eigenvalue weighted by Crippen LogP contribution is -2.39. The molecule has 1 aliphatic rings. The first-order chi connectivity index (χ1) is 10.2. The Morgan fingerprint density at radius 2 is 2.19 bits per heavy atom. The van der Waals surface area contributed by atoms with E-state index in [1.807, 2.05) is 27.9 Å². The third-order valence-electron chi connectivity index (χ3n) is 3.99. The molecule has 0 bridgehead atoms. The summed E-state index contributed by atoms with van der Waals surface area (Å²) < 4.78 is 7.17. The van der Waals surface area contributed by atoms with Gasteiger partial charge in [0, 0.05) is 32.1 Å². The third-order valence-corrected chi connectivity index (χ3v) is 3.99. The third kappa shape index (κ3) is 3.26. The van der Waals surface area contributed by atoms with Gasteiger partial charge in [-0.05, 0) is 31.0 Å². The average Bonchev–Trinajstić information content (AvgIpc) is 3.16. The van der Waals surface area contributed by atoms with Gasteiger partial charge in [0.05, 0.1) is 12.3 Å². The van der Waals surface area contributed by atoms with E-state index < -0.39 is 0 Å². The Kier molecular flexibility index (Phi) is 3.94. The number of anilines is 1. The van der Waals surface area contributed by atoms with Crippen LogP contribution in [0.4, 0.5) is 5.82 Å². The van der Waals surface area contributed by atoms with Gasteiger partial charge in [-0.25, -0.2) is 0 Å². The van der Waals surface area contributed by atoms with Crippen molar-refractivity contribution in [1.29, 1.82) is 0 Å². The van der Waals surface area contributed by atoms with Crippen molar-refractivity contribution in [3.05, 3.63) is 36.4 Å². The van der Waals surface area contributed by atoms with Crippen LogP contribution in [0.25, 0.3) is 0 Å². The Morgan fingerprint density at radius 3 is 2.81 bits per heavy atom. The van der Waals surface area contributed by atoms with Crippen molar-refractivity contribution >= 4 is 11.7 Å². The highest BCUT2D eigenvalue weighted by Crippen LogP contribution is 2.23. The Morgan fingerprint density at radius 1 is 1.38 bits per heavy atom. The van der Waals surface area contributed by atoms with Crippen LogP contribution in [0.2, 0.25) is 0 Å². The van der Waals surface area contributed by atoms with Crippen LogP contribution >= 0.6 is 0 Å². The molecule has 112 valence electrons. The second-order valence-corrected chi connectivity index (χ2v) is 5.41. The van der Waals surface area contributed by atoms with Crippen LogP contribution < -0.4 is 5.73 Å². The van der Waals surface area contributed by atoms with Crippen LogP contribution in [0.1, 0.15) is 31.1 Å². The van der Waals surface area contributed by atoms with Gasteiger partial charge < -0.3 is 15.1 Å². The van der Waals surface area contributed by atoms with Gasteiger partial charge in [0.15, 0.2) is 0 Å². The number of nitrogen functional groups attached to an aromatic ring is 1. The summed E-state index contributed by atoms with van der Waals surface area (Å²) in [5, 5.41) is 4.25.